The Balaban J connectivity index is 1.48. The van der Waals surface area contributed by atoms with Crippen molar-refractivity contribution >= 4 is 27.3 Å². The third-order valence-corrected chi connectivity index (χ3v) is 7.65. The first kappa shape index (κ1) is 19.7. The van der Waals surface area contributed by atoms with Crippen LogP contribution >= 0.6 is 11.3 Å². The molecule has 1 aliphatic heterocycles. The number of thiophene rings is 1. The van der Waals surface area contributed by atoms with Gasteiger partial charge in [0.25, 0.3) is 5.91 Å². The summed E-state index contributed by atoms with van der Waals surface area (Å²) in [6.45, 7) is 2.82. The molecule has 10 heteroatoms. The highest BCUT2D eigenvalue weighted by Gasteiger charge is 2.29. The summed E-state index contributed by atoms with van der Waals surface area (Å²) in [7, 11) is -3.60. The van der Waals surface area contributed by atoms with Gasteiger partial charge in [0, 0.05) is 18.7 Å². The van der Waals surface area contributed by atoms with Gasteiger partial charge in [-0.25, -0.2) is 8.42 Å². The number of sulfonamides is 1. The first-order valence-electron chi connectivity index (χ1n) is 9.20. The van der Waals surface area contributed by atoms with Crippen LogP contribution in [-0.4, -0.2) is 41.9 Å². The Morgan fingerprint density at radius 3 is 2.79 bits per heavy atom. The van der Waals surface area contributed by atoms with Gasteiger partial charge >= 0.3 is 0 Å². The first-order chi connectivity index (χ1) is 13.9. The molecule has 3 heterocycles. The number of hydrogen-bond donors (Lipinski definition) is 1. The number of benzene rings is 1. The van der Waals surface area contributed by atoms with E-state index in [9.17, 15) is 13.2 Å². The Labute approximate surface area is 172 Å². The third kappa shape index (κ3) is 4.09. The van der Waals surface area contributed by atoms with Gasteiger partial charge in [-0.2, -0.15) is 9.29 Å². The fourth-order valence-corrected chi connectivity index (χ4v) is 5.59. The van der Waals surface area contributed by atoms with Crippen molar-refractivity contribution in [2.75, 3.05) is 13.1 Å². The lowest BCUT2D eigenvalue weighted by molar-refractivity contribution is 0.0946. The molecule has 1 amide bonds. The molecule has 0 aliphatic carbocycles. The van der Waals surface area contributed by atoms with E-state index in [-0.39, 0.29) is 22.9 Å². The molecule has 0 unspecified atom stereocenters. The molecule has 1 fully saturated rings. The van der Waals surface area contributed by atoms with Crippen molar-refractivity contribution in [3.63, 3.8) is 0 Å². The van der Waals surface area contributed by atoms with Gasteiger partial charge in [0.1, 0.15) is 0 Å². The predicted molar refractivity (Wildman–Crippen MR) is 108 cm³/mol. The van der Waals surface area contributed by atoms with Crippen LogP contribution in [0.2, 0.25) is 0 Å². The Morgan fingerprint density at radius 1 is 1.28 bits per heavy atom. The van der Waals surface area contributed by atoms with Gasteiger partial charge in [-0.15, -0.1) is 11.3 Å². The minimum absolute atomic E-state index is 0.0549. The zero-order valence-corrected chi connectivity index (χ0v) is 17.4. The van der Waals surface area contributed by atoms with Crippen LogP contribution in [0.5, 0.6) is 0 Å². The predicted octanol–water partition coefficient (Wildman–Crippen LogP) is 2.82. The highest BCUT2D eigenvalue weighted by atomic mass is 32.2. The van der Waals surface area contributed by atoms with Crippen molar-refractivity contribution in [1.82, 2.24) is 19.8 Å². The summed E-state index contributed by atoms with van der Waals surface area (Å²) in [5.41, 5.74) is 0.886. The van der Waals surface area contributed by atoms with Crippen LogP contribution in [0.15, 0.2) is 45.1 Å². The van der Waals surface area contributed by atoms with Crippen LogP contribution in [0, 0.1) is 6.92 Å². The summed E-state index contributed by atoms with van der Waals surface area (Å²) in [6, 6.07) is 8.47. The second-order valence-corrected chi connectivity index (χ2v) is 9.62. The summed E-state index contributed by atoms with van der Waals surface area (Å²) in [6.07, 6.45) is 1.71. The van der Waals surface area contributed by atoms with Crippen molar-refractivity contribution in [3.8, 4) is 10.7 Å². The zero-order valence-electron chi connectivity index (χ0n) is 15.8. The number of carbonyl (C=O) groups is 1. The fourth-order valence-electron chi connectivity index (χ4n) is 3.18. The van der Waals surface area contributed by atoms with Crippen LogP contribution in [-0.2, 0) is 16.6 Å². The maximum Gasteiger partial charge on any atom is 0.251 e. The summed E-state index contributed by atoms with van der Waals surface area (Å²) >= 11 is 1.49. The fraction of sp³-hybridized carbons (Fsp3) is 0.316. The van der Waals surface area contributed by atoms with Gasteiger partial charge in [-0.05, 0) is 48.9 Å². The Kier molecular flexibility index (Phi) is 5.48. The van der Waals surface area contributed by atoms with Crippen LogP contribution in [0.25, 0.3) is 10.7 Å². The number of nitrogens with zero attached hydrogens (tertiary/aromatic N) is 3. The minimum atomic E-state index is -3.60. The largest absolute Gasteiger partial charge is 0.343 e. The van der Waals surface area contributed by atoms with E-state index in [0.717, 1.165) is 17.7 Å². The molecule has 0 radical (unpaired) electrons. The van der Waals surface area contributed by atoms with E-state index >= 15 is 0 Å². The molecule has 1 saturated heterocycles. The lowest BCUT2D eigenvalue weighted by Crippen LogP contribution is -2.29. The average Bonchev–Trinajstić information content (AvgIpc) is 3.48. The van der Waals surface area contributed by atoms with Crippen molar-refractivity contribution < 1.29 is 17.7 Å². The van der Waals surface area contributed by atoms with Crippen molar-refractivity contribution in [2.45, 2.75) is 31.2 Å². The van der Waals surface area contributed by atoms with E-state index < -0.39 is 15.9 Å². The number of hydrogen-bond acceptors (Lipinski definition) is 7. The van der Waals surface area contributed by atoms with Crippen LogP contribution < -0.4 is 5.32 Å². The van der Waals surface area contributed by atoms with Crippen molar-refractivity contribution in [3.05, 3.63) is 52.7 Å². The number of aryl methyl sites for hydroxylation is 1. The Morgan fingerprint density at radius 2 is 2.07 bits per heavy atom. The Hall–Kier alpha value is -2.56. The molecule has 0 atom stereocenters. The summed E-state index contributed by atoms with van der Waals surface area (Å²) < 4.78 is 32.4. The SMILES string of the molecule is Cc1ccc(C(=O)NCc2nc(-c3cccs3)no2)cc1S(=O)(=O)N1CCCC1. The van der Waals surface area contributed by atoms with Crippen molar-refractivity contribution in [2.24, 2.45) is 0 Å². The summed E-state index contributed by atoms with van der Waals surface area (Å²) in [5.74, 6) is 0.344. The van der Waals surface area contributed by atoms with Crippen molar-refractivity contribution in [1.29, 1.82) is 0 Å². The van der Waals surface area contributed by atoms with E-state index in [1.165, 1.54) is 21.7 Å². The molecule has 2 aromatic heterocycles. The number of rotatable bonds is 6. The van der Waals surface area contributed by atoms with E-state index in [1.54, 1.807) is 19.1 Å². The molecule has 0 saturated carbocycles. The maximum absolute atomic E-state index is 12.9. The van der Waals surface area contributed by atoms with E-state index in [2.05, 4.69) is 15.5 Å². The number of amides is 1. The quantitative estimate of drug-likeness (QED) is 0.642. The monoisotopic (exact) mass is 432 g/mol. The van der Waals surface area contributed by atoms with Gasteiger partial charge in [0.2, 0.25) is 21.7 Å². The van der Waals surface area contributed by atoms with Gasteiger partial charge in [0.05, 0.1) is 16.3 Å². The van der Waals surface area contributed by atoms with Gasteiger partial charge in [-0.1, -0.05) is 17.3 Å². The minimum Gasteiger partial charge on any atom is -0.343 e. The smallest absolute Gasteiger partial charge is 0.251 e. The van der Waals surface area contributed by atoms with E-state index in [1.807, 2.05) is 17.5 Å². The zero-order chi connectivity index (χ0) is 20.4. The highest BCUT2D eigenvalue weighted by Crippen LogP contribution is 2.25. The molecule has 1 aromatic carbocycles. The molecule has 8 nitrogen and oxygen atoms in total. The van der Waals surface area contributed by atoms with Gasteiger partial charge in [-0.3, -0.25) is 4.79 Å². The topological polar surface area (TPSA) is 105 Å². The average molecular weight is 433 g/mol. The molecule has 3 aromatic rings. The van der Waals surface area contributed by atoms with Crippen LogP contribution in [0.3, 0.4) is 0 Å². The molecule has 1 aliphatic rings. The Bertz CT molecular complexity index is 1120. The van der Waals surface area contributed by atoms with E-state index in [0.29, 0.717) is 24.5 Å². The molecule has 29 heavy (non-hydrogen) atoms. The summed E-state index contributed by atoms with van der Waals surface area (Å²) in [5, 5.41) is 8.52. The molecular weight excluding hydrogens is 412 g/mol. The number of carbonyl (C=O) groups excluding carboxylic acids is 1. The lowest BCUT2D eigenvalue weighted by Gasteiger charge is -2.17. The lowest BCUT2D eigenvalue weighted by atomic mass is 10.1. The standard InChI is InChI=1S/C19H20N4O4S2/c1-13-6-7-14(11-16(13)29(25,26)23-8-2-3-9-23)19(24)20-12-17-21-18(22-27-17)15-5-4-10-28-15/h4-7,10-11H,2-3,8-9,12H2,1H3,(H,20,24). The van der Waals surface area contributed by atoms with Gasteiger partial charge < -0.3 is 9.84 Å². The summed E-state index contributed by atoms with van der Waals surface area (Å²) in [4.78, 5) is 17.9. The molecular formula is C19H20N4O4S2. The van der Waals surface area contributed by atoms with Crippen LogP contribution in [0.1, 0.15) is 34.7 Å². The first-order valence-corrected chi connectivity index (χ1v) is 11.5. The number of nitrogens with one attached hydrogen (secondary N) is 1. The number of aromatic nitrogens is 2. The highest BCUT2D eigenvalue weighted by molar-refractivity contribution is 7.89. The van der Waals surface area contributed by atoms with E-state index in [4.69, 9.17) is 4.52 Å². The third-order valence-electron chi connectivity index (χ3n) is 4.74. The molecule has 152 valence electrons. The normalized spacial score (nSPS) is 14.9. The molecule has 4 rings (SSSR count). The molecule has 0 spiro atoms. The molecule has 0 bridgehead atoms. The van der Waals surface area contributed by atoms with Crippen LogP contribution in [0.4, 0.5) is 0 Å². The molecule has 1 N–H and O–H groups in total. The van der Waals surface area contributed by atoms with Gasteiger partial charge in [0.15, 0.2) is 0 Å². The maximum atomic E-state index is 12.9. The second kappa shape index (κ2) is 8.05. The second-order valence-electron chi connectivity index (χ2n) is 6.76.